The van der Waals surface area contributed by atoms with Gasteiger partial charge in [-0.3, -0.25) is 14.6 Å². The van der Waals surface area contributed by atoms with E-state index >= 15 is 0 Å². The number of carbonyl (C=O) groups is 2. The summed E-state index contributed by atoms with van der Waals surface area (Å²) >= 11 is 0. The molecule has 1 heterocycles. The number of nitrogens with zero attached hydrogens (tertiary/aromatic N) is 1. The molecule has 0 aromatic rings. The SMILES string of the molecule is CN1C(C)(C)CC(OC(=O)CCC(=O)OOC(C)(C)C)CC1(C)C. The van der Waals surface area contributed by atoms with E-state index in [1.807, 2.05) is 0 Å². The van der Waals surface area contributed by atoms with Gasteiger partial charge in [0.05, 0.1) is 12.8 Å². The molecule has 1 aliphatic heterocycles. The Morgan fingerprint density at radius 1 is 1.00 bits per heavy atom. The number of ether oxygens (including phenoxy) is 1. The van der Waals surface area contributed by atoms with E-state index in [1.54, 1.807) is 20.8 Å². The highest BCUT2D eigenvalue weighted by molar-refractivity contribution is 5.77. The molecule has 0 unspecified atom stereocenters. The third kappa shape index (κ3) is 6.40. The maximum Gasteiger partial charge on any atom is 0.342 e. The Labute approximate surface area is 145 Å². The number of esters is 1. The molecule has 0 aliphatic carbocycles. The molecule has 0 amide bonds. The van der Waals surface area contributed by atoms with Crippen molar-refractivity contribution < 1.29 is 24.1 Å². The molecular formula is C18H33NO5. The maximum absolute atomic E-state index is 12.0. The van der Waals surface area contributed by atoms with Crippen molar-refractivity contribution in [2.75, 3.05) is 7.05 Å². The monoisotopic (exact) mass is 343 g/mol. The van der Waals surface area contributed by atoms with Crippen LogP contribution in [0.4, 0.5) is 0 Å². The molecule has 24 heavy (non-hydrogen) atoms. The predicted octanol–water partition coefficient (Wildman–Crippen LogP) is 3.23. The molecule has 0 radical (unpaired) electrons. The maximum atomic E-state index is 12.0. The summed E-state index contributed by atoms with van der Waals surface area (Å²) in [5, 5.41) is 0. The Hall–Kier alpha value is -1.14. The number of rotatable bonds is 5. The van der Waals surface area contributed by atoms with Crippen LogP contribution in [-0.4, -0.2) is 46.7 Å². The van der Waals surface area contributed by atoms with Gasteiger partial charge in [0, 0.05) is 23.9 Å². The van der Waals surface area contributed by atoms with E-state index in [1.165, 1.54) is 0 Å². The van der Waals surface area contributed by atoms with E-state index in [9.17, 15) is 9.59 Å². The van der Waals surface area contributed by atoms with Crippen LogP contribution in [0, 0.1) is 0 Å². The van der Waals surface area contributed by atoms with Gasteiger partial charge in [0.1, 0.15) is 11.7 Å². The van der Waals surface area contributed by atoms with Gasteiger partial charge in [-0.2, -0.15) is 4.89 Å². The Morgan fingerprint density at radius 3 is 1.92 bits per heavy atom. The summed E-state index contributed by atoms with van der Waals surface area (Å²) < 4.78 is 5.59. The number of likely N-dealkylation sites (tertiary alicyclic amines) is 1. The fourth-order valence-electron chi connectivity index (χ4n) is 3.03. The predicted molar refractivity (Wildman–Crippen MR) is 91.2 cm³/mol. The van der Waals surface area contributed by atoms with E-state index in [0.29, 0.717) is 0 Å². The van der Waals surface area contributed by atoms with Crippen molar-refractivity contribution in [3.8, 4) is 0 Å². The van der Waals surface area contributed by atoms with Crippen LogP contribution in [0.5, 0.6) is 0 Å². The van der Waals surface area contributed by atoms with Crippen molar-refractivity contribution in [2.45, 2.75) is 96.9 Å². The number of hydrogen-bond donors (Lipinski definition) is 0. The molecule has 6 nitrogen and oxygen atoms in total. The second-order valence-corrected chi connectivity index (χ2v) is 8.86. The van der Waals surface area contributed by atoms with Gasteiger partial charge in [-0.1, -0.05) is 0 Å². The lowest BCUT2D eigenvalue weighted by Crippen LogP contribution is -2.60. The molecule has 1 rings (SSSR count). The van der Waals surface area contributed by atoms with Crippen molar-refractivity contribution in [2.24, 2.45) is 0 Å². The fourth-order valence-corrected chi connectivity index (χ4v) is 3.03. The van der Waals surface area contributed by atoms with Crippen LogP contribution < -0.4 is 0 Å². The minimum Gasteiger partial charge on any atom is -0.462 e. The van der Waals surface area contributed by atoms with Crippen molar-refractivity contribution in [3.05, 3.63) is 0 Å². The molecule has 1 fully saturated rings. The molecule has 0 N–H and O–H groups in total. The van der Waals surface area contributed by atoms with Crippen LogP contribution >= 0.6 is 0 Å². The Morgan fingerprint density at radius 2 is 1.46 bits per heavy atom. The molecule has 0 atom stereocenters. The summed E-state index contributed by atoms with van der Waals surface area (Å²) in [5.41, 5.74) is -0.667. The first-order chi connectivity index (χ1) is 10.7. The highest BCUT2D eigenvalue weighted by atomic mass is 17.2. The first kappa shape index (κ1) is 20.9. The second kappa shape index (κ2) is 7.40. The largest absolute Gasteiger partial charge is 0.462 e. The average molecular weight is 343 g/mol. The van der Waals surface area contributed by atoms with E-state index in [2.05, 4.69) is 44.5 Å². The summed E-state index contributed by atoms with van der Waals surface area (Å²) in [5.74, 6) is -0.935. The number of carbonyl (C=O) groups excluding carboxylic acids is 2. The molecule has 1 aliphatic rings. The molecule has 0 spiro atoms. The van der Waals surface area contributed by atoms with E-state index in [4.69, 9.17) is 9.62 Å². The van der Waals surface area contributed by atoms with Gasteiger partial charge in [-0.25, -0.2) is 4.79 Å². The van der Waals surface area contributed by atoms with Crippen molar-refractivity contribution in [3.63, 3.8) is 0 Å². The molecule has 0 aromatic heterocycles. The molecule has 140 valence electrons. The zero-order valence-electron chi connectivity index (χ0n) is 16.4. The van der Waals surface area contributed by atoms with E-state index in [0.717, 1.165) is 12.8 Å². The standard InChI is InChI=1S/C18H33NO5/c1-16(2,3)24-23-15(21)10-9-14(20)22-13-11-17(4,5)19(8)18(6,7)12-13/h13H,9-12H2,1-8H3. The lowest BCUT2D eigenvalue weighted by molar-refractivity contribution is -0.320. The lowest BCUT2D eigenvalue weighted by atomic mass is 9.79. The molecular weight excluding hydrogens is 310 g/mol. The van der Waals surface area contributed by atoms with Gasteiger partial charge in [0.2, 0.25) is 0 Å². The van der Waals surface area contributed by atoms with Gasteiger partial charge in [0.15, 0.2) is 0 Å². The van der Waals surface area contributed by atoms with Crippen LogP contribution in [0.15, 0.2) is 0 Å². The smallest absolute Gasteiger partial charge is 0.342 e. The number of hydrogen-bond acceptors (Lipinski definition) is 6. The molecule has 0 saturated carbocycles. The average Bonchev–Trinajstić information content (AvgIpc) is 2.38. The van der Waals surface area contributed by atoms with Gasteiger partial charge in [0.25, 0.3) is 0 Å². The third-order valence-corrected chi connectivity index (χ3v) is 4.49. The van der Waals surface area contributed by atoms with E-state index in [-0.39, 0.29) is 36.0 Å². The highest BCUT2D eigenvalue weighted by Gasteiger charge is 2.44. The van der Waals surface area contributed by atoms with Crippen LogP contribution in [0.1, 0.15) is 74.1 Å². The van der Waals surface area contributed by atoms with Crippen molar-refractivity contribution in [1.29, 1.82) is 0 Å². The molecule has 1 saturated heterocycles. The zero-order chi connectivity index (χ0) is 18.8. The van der Waals surface area contributed by atoms with E-state index < -0.39 is 11.6 Å². The van der Waals surface area contributed by atoms with Crippen molar-refractivity contribution in [1.82, 2.24) is 4.90 Å². The molecule has 6 heteroatoms. The Kier molecular flexibility index (Phi) is 6.44. The normalized spacial score (nSPS) is 21.3. The lowest BCUT2D eigenvalue weighted by Gasteiger charge is -2.53. The van der Waals surface area contributed by atoms with Crippen LogP contribution in [0.3, 0.4) is 0 Å². The highest BCUT2D eigenvalue weighted by Crippen LogP contribution is 2.38. The summed E-state index contributed by atoms with van der Waals surface area (Å²) in [6, 6.07) is 0. The van der Waals surface area contributed by atoms with Gasteiger partial charge >= 0.3 is 11.9 Å². The van der Waals surface area contributed by atoms with Crippen LogP contribution in [0.25, 0.3) is 0 Å². The summed E-state index contributed by atoms with van der Waals surface area (Å²) in [6.45, 7) is 13.9. The summed E-state index contributed by atoms with van der Waals surface area (Å²) in [7, 11) is 2.10. The third-order valence-electron chi connectivity index (χ3n) is 4.49. The Balaban J connectivity index is 2.44. The van der Waals surface area contributed by atoms with Crippen molar-refractivity contribution >= 4 is 11.9 Å². The summed E-state index contributed by atoms with van der Waals surface area (Å²) in [6.07, 6.45) is 1.36. The molecule has 0 aromatic carbocycles. The fraction of sp³-hybridized carbons (Fsp3) is 0.889. The van der Waals surface area contributed by atoms with Gasteiger partial charge in [-0.15, -0.1) is 0 Å². The van der Waals surface area contributed by atoms with Crippen LogP contribution in [0.2, 0.25) is 0 Å². The van der Waals surface area contributed by atoms with Crippen LogP contribution in [-0.2, 0) is 24.1 Å². The van der Waals surface area contributed by atoms with Gasteiger partial charge < -0.3 is 4.74 Å². The van der Waals surface area contributed by atoms with Gasteiger partial charge in [-0.05, 0) is 55.5 Å². The first-order valence-corrected chi connectivity index (χ1v) is 8.55. The molecule has 0 bridgehead atoms. The topological polar surface area (TPSA) is 65.1 Å². The quantitative estimate of drug-likeness (QED) is 0.434. The summed E-state index contributed by atoms with van der Waals surface area (Å²) in [4.78, 5) is 35.5. The number of piperidine rings is 1. The Bertz CT molecular complexity index is 447. The second-order valence-electron chi connectivity index (χ2n) is 8.86. The minimum atomic E-state index is -0.568. The zero-order valence-corrected chi connectivity index (χ0v) is 16.4. The minimum absolute atomic E-state index is 0.000464. The first-order valence-electron chi connectivity index (χ1n) is 8.55.